The molecule has 1 fully saturated rings. The lowest BCUT2D eigenvalue weighted by Gasteiger charge is -2.10. The van der Waals surface area contributed by atoms with Gasteiger partial charge in [-0.1, -0.05) is 59.8 Å². The van der Waals surface area contributed by atoms with E-state index in [9.17, 15) is 9.59 Å². The van der Waals surface area contributed by atoms with Crippen LogP contribution in [0.3, 0.4) is 0 Å². The van der Waals surface area contributed by atoms with Crippen molar-refractivity contribution in [1.29, 1.82) is 0 Å². The first kappa shape index (κ1) is 23.1. The third-order valence-electron chi connectivity index (χ3n) is 4.48. The molecule has 0 spiro atoms. The van der Waals surface area contributed by atoms with Crippen molar-refractivity contribution in [2.75, 3.05) is 6.54 Å². The van der Waals surface area contributed by atoms with E-state index in [1.807, 2.05) is 36.4 Å². The molecule has 3 aromatic rings. The first-order valence-electron chi connectivity index (χ1n) is 9.37. The average molecular weight is 516 g/mol. The van der Waals surface area contributed by atoms with E-state index in [1.165, 1.54) is 4.68 Å². The van der Waals surface area contributed by atoms with E-state index in [0.717, 1.165) is 33.4 Å². The minimum absolute atomic E-state index is 0.228. The molecular weight excluding hydrogens is 502 g/mol. The fraction of sp³-hybridized carbons (Fsp3) is 0.0476. The zero-order valence-corrected chi connectivity index (χ0v) is 19.8. The first-order chi connectivity index (χ1) is 15.8. The van der Waals surface area contributed by atoms with Crippen LogP contribution in [-0.4, -0.2) is 53.8 Å². The third-order valence-corrected chi connectivity index (χ3v) is 6.37. The van der Waals surface area contributed by atoms with Crippen molar-refractivity contribution in [3.8, 4) is 11.4 Å². The van der Waals surface area contributed by atoms with Gasteiger partial charge in [0, 0.05) is 10.6 Å². The van der Waals surface area contributed by atoms with Crippen LogP contribution in [0.15, 0.2) is 58.5 Å². The lowest BCUT2D eigenvalue weighted by molar-refractivity contribution is -0.140. The number of carboxylic acid groups (broad SMARTS) is 1. The number of benzene rings is 2. The molecular formula is C21H14ClN5O3S3. The first-order valence-corrected chi connectivity index (χ1v) is 11.4. The number of carbonyl (C=O) groups excluding carboxylic acids is 1. The van der Waals surface area contributed by atoms with Crippen LogP contribution in [0.5, 0.6) is 0 Å². The highest BCUT2D eigenvalue weighted by Gasteiger charge is 2.33. The molecule has 1 saturated heterocycles. The summed E-state index contributed by atoms with van der Waals surface area (Å²) < 4.78 is 2.09. The summed E-state index contributed by atoms with van der Waals surface area (Å²) in [5.41, 5.74) is 2.37. The van der Waals surface area contributed by atoms with Gasteiger partial charge in [0.1, 0.15) is 10.9 Å². The zero-order valence-electron chi connectivity index (χ0n) is 16.6. The lowest BCUT2D eigenvalue weighted by atomic mass is 10.1. The molecule has 1 amide bonds. The molecule has 2 heterocycles. The van der Waals surface area contributed by atoms with Crippen LogP contribution in [-0.2, 0) is 9.59 Å². The smallest absolute Gasteiger partial charge is 0.323 e. The predicted molar refractivity (Wildman–Crippen MR) is 135 cm³/mol. The standard InChI is InChI=1S/C21H14ClN5O3S3/c22-15-7-5-14(6-8-15)18-24-25-20(31)27(18)23-10-13-3-1-12(2-4-13)9-16-19(30)26(11-17(28)29)21(32)33-16/h1-10H,11H2,(H,25,31)(H,28,29)/b16-9-,23-10+. The summed E-state index contributed by atoms with van der Waals surface area (Å²) in [5, 5.41) is 21.0. The van der Waals surface area contributed by atoms with E-state index in [4.69, 9.17) is 41.1 Å². The molecule has 166 valence electrons. The molecule has 12 heteroatoms. The number of nitrogens with one attached hydrogen (secondary N) is 1. The number of halogens is 1. The number of thioether (sulfide) groups is 1. The van der Waals surface area contributed by atoms with Gasteiger partial charge in [-0.3, -0.25) is 14.5 Å². The summed E-state index contributed by atoms with van der Waals surface area (Å²) in [7, 11) is 0. The number of hydrogen-bond donors (Lipinski definition) is 2. The van der Waals surface area contributed by atoms with Gasteiger partial charge >= 0.3 is 5.97 Å². The van der Waals surface area contributed by atoms with Gasteiger partial charge in [0.25, 0.3) is 5.91 Å². The summed E-state index contributed by atoms with van der Waals surface area (Å²) in [6, 6.07) is 14.5. The van der Waals surface area contributed by atoms with Crippen molar-refractivity contribution in [2.45, 2.75) is 0 Å². The molecule has 1 aliphatic heterocycles. The number of carbonyl (C=O) groups is 2. The molecule has 2 aromatic carbocycles. The fourth-order valence-corrected chi connectivity index (χ4v) is 4.47. The molecule has 1 aliphatic rings. The van der Waals surface area contributed by atoms with Crippen molar-refractivity contribution in [3.05, 3.63) is 74.4 Å². The Hall–Kier alpha value is -3.12. The summed E-state index contributed by atoms with van der Waals surface area (Å²) >= 11 is 17.4. The third kappa shape index (κ3) is 5.28. The van der Waals surface area contributed by atoms with E-state index in [1.54, 1.807) is 24.4 Å². The van der Waals surface area contributed by atoms with Crippen LogP contribution in [0.4, 0.5) is 0 Å². The van der Waals surface area contributed by atoms with Gasteiger partial charge in [-0.25, -0.2) is 5.10 Å². The van der Waals surface area contributed by atoms with Crippen LogP contribution < -0.4 is 0 Å². The average Bonchev–Trinajstić information content (AvgIpc) is 3.28. The monoisotopic (exact) mass is 515 g/mol. The maximum absolute atomic E-state index is 12.4. The van der Waals surface area contributed by atoms with Crippen molar-refractivity contribution in [1.82, 2.24) is 19.8 Å². The molecule has 0 saturated carbocycles. The molecule has 2 N–H and O–H groups in total. The Balaban J connectivity index is 1.52. The number of nitrogens with zero attached hydrogens (tertiary/aromatic N) is 4. The Bertz CT molecular complexity index is 1360. The van der Waals surface area contributed by atoms with Crippen LogP contribution in [0, 0.1) is 4.77 Å². The zero-order chi connectivity index (χ0) is 23.5. The number of aromatic amines is 1. The van der Waals surface area contributed by atoms with E-state index in [2.05, 4.69) is 15.3 Å². The van der Waals surface area contributed by atoms with Crippen molar-refractivity contribution < 1.29 is 14.7 Å². The number of thiocarbonyl (C=S) groups is 1. The second kappa shape index (κ2) is 9.79. The van der Waals surface area contributed by atoms with Crippen molar-refractivity contribution in [2.24, 2.45) is 5.10 Å². The van der Waals surface area contributed by atoms with Crippen LogP contribution in [0.1, 0.15) is 11.1 Å². The molecule has 4 rings (SSSR count). The van der Waals surface area contributed by atoms with E-state index in [0.29, 0.717) is 20.5 Å². The van der Waals surface area contributed by atoms with Crippen molar-refractivity contribution >= 4 is 76.3 Å². The number of aromatic nitrogens is 3. The number of carboxylic acids is 1. The molecule has 0 unspecified atom stereocenters. The Morgan fingerprint density at radius 2 is 1.82 bits per heavy atom. The van der Waals surface area contributed by atoms with Crippen LogP contribution in [0.25, 0.3) is 17.5 Å². The van der Waals surface area contributed by atoms with E-state index >= 15 is 0 Å². The second-order valence-corrected chi connectivity index (χ2v) is 9.24. The predicted octanol–water partition coefficient (Wildman–Crippen LogP) is 4.43. The van der Waals surface area contributed by atoms with Gasteiger partial charge in [-0.2, -0.15) is 14.9 Å². The van der Waals surface area contributed by atoms with Gasteiger partial charge in [0.15, 0.2) is 5.82 Å². The van der Waals surface area contributed by atoms with Crippen LogP contribution in [0.2, 0.25) is 5.02 Å². The minimum Gasteiger partial charge on any atom is -0.480 e. The normalized spacial score (nSPS) is 15.2. The van der Waals surface area contributed by atoms with Gasteiger partial charge in [0.05, 0.1) is 11.1 Å². The number of amides is 1. The summed E-state index contributed by atoms with van der Waals surface area (Å²) in [6.45, 7) is -0.452. The SMILES string of the molecule is O=C(O)CN1C(=O)/C(=C/c2ccc(/C=N/n3c(-c4ccc(Cl)cc4)n[nH]c3=S)cc2)SC1=S. The highest BCUT2D eigenvalue weighted by atomic mass is 35.5. The molecule has 0 atom stereocenters. The summed E-state index contributed by atoms with van der Waals surface area (Å²) in [5.74, 6) is -0.983. The Labute approximate surface area is 207 Å². The number of rotatable bonds is 6. The fourth-order valence-electron chi connectivity index (χ4n) is 2.91. The molecule has 8 nitrogen and oxygen atoms in total. The molecule has 0 aliphatic carbocycles. The van der Waals surface area contributed by atoms with E-state index in [-0.39, 0.29) is 4.32 Å². The summed E-state index contributed by atoms with van der Waals surface area (Å²) in [4.78, 5) is 24.8. The van der Waals surface area contributed by atoms with Gasteiger partial charge in [-0.15, -0.1) is 0 Å². The maximum Gasteiger partial charge on any atom is 0.323 e. The quantitative estimate of drug-likeness (QED) is 0.284. The van der Waals surface area contributed by atoms with Crippen LogP contribution >= 0.6 is 47.8 Å². The number of hydrogen-bond acceptors (Lipinski definition) is 7. The van der Waals surface area contributed by atoms with Gasteiger partial charge < -0.3 is 5.11 Å². The number of H-pyrrole nitrogens is 1. The van der Waals surface area contributed by atoms with Gasteiger partial charge in [-0.05, 0) is 53.7 Å². The number of aliphatic carboxylic acids is 1. The van der Waals surface area contributed by atoms with Gasteiger partial charge in [0.2, 0.25) is 4.77 Å². The van der Waals surface area contributed by atoms with E-state index < -0.39 is 18.4 Å². The Kier molecular flexibility index (Phi) is 6.84. The molecule has 0 radical (unpaired) electrons. The second-order valence-electron chi connectivity index (χ2n) is 6.74. The highest BCUT2D eigenvalue weighted by Crippen LogP contribution is 2.32. The molecule has 0 bridgehead atoms. The summed E-state index contributed by atoms with van der Waals surface area (Å²) in [6.07, 6.45) is 3.31. The maximum atomic E-state index is 12.4. The largest absolute Gasteiger partial charge is 0.480 e. The molecule has 33 heavy (non-hydrogen) atoms. The Morgan fingerprint density at radius 1 is 1.15 bits per heavy atom. The Morgan fingerprint density at radius 3 is 2.48 bits per heavy atom. The lowest BCUT2D eigenvalue weighted by Crippen LogP contribution is -2.33. The van der Waals surface area contributed by atoms with Crippen molar-refractivity contribution in [3.63, 3.8) is 0 Å². The molecule has 1 aromatic heterocycles. The highest BCUT2D eigenvalue weighted by molar-refractivity contribution is 8.26. The minimum atomic E-state index is -1.12. The topological polar surface area (TPSA) is 104 Å².